The molecule has 3 atom stereocenters. The molecule has 252 valence electrons. The lowest BCUT2D eigenvalue weighted by Gasteiger charge is -2.26. The molecule has 0 aromatic carbocycles. The van der Waals surface area contributed by atoms with Gasteiger partial charge in [-0.1, -0.05) is 142 Å². The summed E-state index contributed by atoms with van der Waals surface area (Å²) in [6.07, 6.45) is 27.5. The Kier molecular flexibility index (Phi) is 26.5. The Bertz CT molecular complexity index is 673. The third kappa shape index (κ3) is 29.6. The highest BCUT2D eigenvalue weighted by atomic mass is 31.2. The van der Waals surface area contributed by atoms with E-state index in [1.165, 1.54) is 122 Å². The van der Waals surface area contributed by atoms with Crippen LogP contribution in [0, 0.1) is 0 Å². The second kappa shape index (κ2) is 26.9. The summed E-state index contributed by atoms with van der Waals surface area (Å²) in [5, 5.41) is 13.2. The van der Waals surface area contributed by atoms with E-state index in [1.54, 1.807) is 0 Å². The van der Waals surface area contributed by atoms with Gasteiger partial charge in [0.2, 0.25) is 5.91 Å². The number of nitrogens with one attached hydrogen (secondary N) is 1. The number of aliphatic hydroxyl groups excluding tert-OH is 1. The maximum absolute atomic E-state index is 12.2. The molecule has 0 aliphatic heterocycles. The largest absolute Gasteiger partial charge is 0.472 e. The minimum Gasteiger partial charge on any atom is -0.391 e. The highest BCUT2D eigenvalue weighted by Gasteiger charge is 2.27. The molecule has 0 saturated carbocycles. The van der Waals surface area contributed by atoms with Crippen LogP contribution in [0.1, 0.15) is 155 Å². The number of nitrogens with zero attached hydrogens (tertiary/aromatic N) is 1. The lowest BCUT2D eigenvalue weighted by molar-refractivity contribution is -0.870. The molecule has 3 unspecified atom stereocenters. The third-order valence-corrected chi connectivity index (χ3v) is 8.87. The van der Waals surface area contributed by atoms with Gasteiger partial charge in [0, 0.05) is 6.92 Å². The summed E-state index contributed by atoms with van der Waals surface area (Å²) < 4.78 is 22.9. The number of hydrogen-bond donors (Lipinski definition) is 3. The number of phosphoric acid groups is 1. The second-order valence-corrected chi connectivity index (χ2v) is 14.8. The second-order valence-electron chi connectivity index (χ2n) is 13.3. The molecule has 0 aliphatic carbocycles. The number of carbonyl (C=O) groups excluding carboxylic acids is 1. The Morgan fingerprint density at radius 3 is 1.45 bits per heavy atom. The van der Waals surface area contributed by atoms with Crippen LogP contribution in [0.3, 0.4) is 0 Å². The van der Waals surface area contributed by atoms with Gasteiger partial charge in [-0.3, -0.25) is 13.8 Å². The number of phosphoric ester groups is 1. The molecule has 3 N–H and O–H groups in total. The smallest absolute Gasteiger partial charge is 0.391 e. The lowest BCUT2D eigenvalue weighted by atomic mass is 10.0. The number of unbranched alkanes of at least 4 members (excludes halogenated alkanes) is 20. The van der Waals surface area contributed by atoms with Crippen molar-refractivity contribution < 1.29 is 32.9 Å². The van der Waals surface area contributed by atoms with E-state index in [0.29, 0.717) is 17.4 Å². The van der Waals surface area contributed by atoms with Crippen molar-refractivity contribution in [3.8, 4) is 0 Å². The maximum Gasteiger partial charge on any atom is 0.472 e. The zero-order valence-electron chi connectivity index (χ0n) is 28.3. The summed E-state index contributed by atoms with van der Waals surface area (Å²) in [7, 11) is 1.61. The number of aliphatic hydroxyl groups is 1. The van der Waals surface area contributed by atoms with Gasteiger partial charge in [-0.2, -0.15) is 0 Å². The van der Waals surface area contributed by atoms with Crippen molar-refractivity contribution in [3.05, 3.63) is 0 Å². The van der Waals surface area contributed by atoms with Crippen molar-refractivity contribution in [2.45, 2.75) is 167 Å². The van der Waals surface area contributed by atoms with Gasteiger partial charge < -0.3 is 19.8 Å². The van der Waals surface area contributed by atoms with Gasteiger partial charge in [0.25, 0.3) is 0 Å². The quantitative estimate of drug-likeness (QED) is 0.0409. The molecule has 0 aromatic heterocycles. The molecule has 0 radical (unpaired) electrons. The summed E-state index contributed by atoms with van der Waals surface area (Å²) in [4.78, 5) is 21.5. The van der Waals surface area contributed by atoms with Crippen molar-refractivity contribution in [1.29, 1.82) is 0 Å². The van der Waals surface area contributed by atoms with Gasteiger partial charge in [-0.05, 0) is 6.42 Å². The van der Waals surface area contributed by atoms with Crippen molar-refractivity contribution in [3.63, 3.8) is 0 Å². The number of quaternary nitrogens is 1. The molecule has 0 fully saturated rings. The molecule has 0 bridgehead atoms. The van der Waals surface area contributed by atoms with Gasteiger partial charge in [0.1, 0.15) is 13.2 Å². The summed E-state index contributed by atoms with van der Waals surface area (Å²) in [5.74, 6) is -0.319. The molecular weight excluding hydrogens is 551 g/mol. The molecule has 0 spiro atoms. The summed E-state index contributed by atoms with van der Waals surface area (Å²) >= 11 is 0. The van der Waals surface area contributed by atoms with Crippen molar-refractivity contribution in [1.82, 2.24) is 5.32 Å². The van der Waals surface area contributed by atoms with Gasteiger partial charge in [0.15, 0.2) is 0 Å². The molecule has 42 heavy (non-hydrogen) atoms. The SMILES string of the molecule is CCCCCCCCCCCCCCCCCCCCCCCC(O)C(COP(=O)(O)OCC[N+](C)(C)C)NC(C)=O. The van der Waals surface area contributed by atoms with Gasteiger partial charge in [-0.15, -0.1) is 0 Å². The number of likely N-dealkylation sites (N-methyl/N-ethyl adjacent to an activating group) is 1. The first-order valence-electron chi connectivity index (χ1n) is 17.3. The average Bonchev–Trinajstić information content (AvgIpc) is 2.90. The van der Waals surface area contributed by atoms with Crippen LogP contribution in [-0.4, -0.2) is 73.4 Å². The number of hydrogen-bond acceptors (Lipinski definition) is 5. The summed E-state index contributed by atoms with van der Waals surface area (Å²) in [6.45, 7) is 3.98. The molecule has 0 rings (SSSR count). The first kappa shape index (κ1) is 41.5. The van der Waals surface area contributed by atoms with E-state index >= 15 is 0 Å². The minimum absolute atomic E-state index is 0.0735. The minimum atomic E-state index is -4.26. The number of carbonyl (C=O) groups is 1. The van der Waals surface area contributed by atoms with Crippen LogP contribution in [0.2, 0.25) is 0 Å². The van der Waals surface area contributed by atoms with Crippen LogP contribution >= 0.6 is 7.82 Å². The topological polar surface area (TPSA) is 105 Å². The van der Waals surface area contributed by atoms with E-state index in [2.05, 4.69) is 12.2 Å². The van der Waals surface area contributed by atoms with Gasteiger partial charge >= 0.3 is 7.82 Å². The van der Waals surface area contributed by atoms with Crippen LogP contribution in [0.25, 0.3) is 0 Å². The summed E-state index contributed by atoms with van der Waals surface area (Å²) in [5.41, 5.74) is 0. The van der Waals surface area contributed by atoms with Crippen LogP contribution in [0.4, 0.5) is 0 Å². The van der Waals surface area contributed by atoms with Gasteiger partial charge in [0.05, 0.1) is 39.9 Å². The molecule has 9 heteroatoms. The van der Waals surface area contributed by atoms with Crippen LogP contribution in [-0.2, 0) is 18.4 Å². The van der Waals surface area contributed by atoms with E-state index in [4.69, 9.17) is 9.05 Å². The molecular formula is C33H70N2O6P+. The zero-order valence-corrected chi connectivity index (χ0v) is 29.1. The predicted octanol–water partition coefficient (Wildman–Crippen LogP) is 8.29. The molecule has 8 nitrogen and oxygen atoms in total. The number of rotatable bonds is 31. The molecule has 0 heterocycles. The van der Waals surface area contributed by atoms with E-state index in [9.17, 15) is 19.4 Å². The third-order valence-electron chi connectivity index (χ3n) is 7.89. The molecule has 0 saturated heterocycles. The fourth-order valence-corrected chi connectivity index (χ4v) is 5.87. The molecule has 1 amide bonds. The Morgan fingerprint density at radius 1 is 0.714 bits per heavy atom. The highest BCUT2D eigenvalue weighted by molar-refractivity contribution is 7.47. The average molecular weight is 622 g/mol. The maximum atomic E-state index is 12.2. The standard InChI is InChI=1S/C33H69N2O6P/c1-6-7-8-9-10-11-12-13-14-15-16-17-18-19-20-21-22-23-24-25-26-27-33(37)32(34-31(2)36)30-41-42(38,39)40-29-28-35(3,4)5/h32-33,37H,6-30H2,1-5H3,(H-,34,36,38,39)/p+1. The van der Waals surface area contributed by atoms with Gasteiger partial charge in [-0.25, -0.2) is 4.57 Å². The van der Waals surface area contributed by atoms with E-state index < -0.39 is 20.0 Å². The van der Waals surface area contributed by atoms with Crippen LogP contribution in [0.5, 0.6) is 0 Å². The monoisotopic (exact) mass is 621 g/mol. The molecule has 0 aromatic rings. The first-order chi connectivity index (χ1) is 20.0. The van der Waals surface area contributed by atoms with Crippen LogP contribution < -0.4 is 5.32 Å². The van der Waals surface area contributed by atoms with E-state index in [1.807, 2.05) is 21.1 Å². The summed E-state index contributed by atoms with van der Waals surface area (Å²) in [6, 6.07) is -0.755. The lowest BCUT2D eigenvalue weighted by Crippen LogP contribution is -2.45. The fourth-order valence-electron chi connectivity index (χ4n) is 5.14. The van der Waals surface area contributed by atoms with Crippen molar-refractivity contribution in [2.75, 3.05) is 40.9 Å². The molecule has 0 aliphatic rings. The van der Waals surface area contributed by atoms with E-state index in [0.717, 1.165) is 19.3 Å². The van der Waals surface area contributed by atoms with Crippen molar-refractivity contribution >= 4 is 13.7 Å². The number of amides is 1. The normalized spacial score (nSPS) is 14.9. The Morgan fingerprint density at radius 2 is 1.10 bits per heavy atom. The Balaban J connectivity index is 3.73. The highest BCUT2D eigenvalue weighted by Crippen LogP contribution is 2.43. The van der Waals surface area contributed by atoms with Crippen LogP contribution in [0.15, 0.2) is 0 Å². The fraction of sp³-hybridized carbons (Fsp3) is 0.970. The van der Waals surface area contributed by atoms with E-state index in [-0.39, 0.29) is 19.1 Å². The predicted molar refractivity (Wildman–Crippen MR) is 175 cm³/mol. The Hall–Kier alpha value is -0.500. The van der Waals surface area contributed by atoms with Crippen molar-refractivity contribution in [2.24, 2.45) is 0 Å². The first-order valence-corrected chi connectivity index (χ1v) is 18.8. The Labute approximate surface area is 259 Å². The zero-order chi connectivity index (χ0) is 31.5.